The van der Waals surface area contributed by atoms with Crippen molar-refractivity contribution in [3.63, 3.8) is 0 Å². The van der Waals surface area contributed by atoms with Crippen molar-refractivity contribution < 1.29 is 9.18 Å². The number of halogens is 2. The van der Waals surface area contributed by atoms with E-state index in [1.807, 2.05) is 0 Å². The molecule has 0 aliphatic heterocycles. The zero-order chi connectivity index (χ0) is 14.9. The number of aromatic amines is 2. The summed E-state index contributed by atoms with van der Waals surface area (Å²) < 4.78 is 13.2. The maximum absolute atomic E-state index is 13.2. The molecule has 0 bridgehead atoms. The minimum absolute atomic E-state index is 0.0657. The number of benzene rings is 1. The van der Waals surface area contributed by atoms with E-state index in [-0.39, 0.29) is 17.0 Å². The van der Waals surface area contributed by atoms with E-state index >= 15 is 0 Å². The van der Waals surface area contributed by atoms with Gasteiger partial charge < -0.3 is 10.8 Å². The number of aryl methyl sites for hydroxylation is 1. The van der Waals surface area contributed by atoms with Crippen LogP contribution in [0.25, 0.3) is 0 Å². The third-order valence-corrected chi connectivity index (χ3v) is 3.40. The molecule has 0 saturated heterocycles. The number of hydrogen-bond donors (Lipinski definition) is 3. The van der Waals surface area contributed by atoms with Crippen LogP contribution in [0, 0.1) is 12.7 Å². The first-order valence-corrected chi connectivity index (χ1v) is 6.28. The highest BCUT2D eigenvalue weighted by Crippen LogP contribution is 2.29. The smallest absolute Gasteiger partial charge is 0.267 e. The van der Waals surface area contributed by atoms with Crippen LogP contribution in [0.1, 0.15) is 29.2 Å². The van der Waals surface area contributed by atoms with Crippen LogP contribution in [-0.2, 0) is 4.79 Å². The number of carbonyl (C=O) groups is 1. The van der Waals surface area contributed by atoms with Crippen molar-refractivity contribution in [2.24, 2.45) is 5.73 Å². The largest absolute Gasteiger partial charge is 0.370 e. The summed E-state index contributed by atoms with van der Waals surface area (Å²) in [5, 5.41) is 5.07. The molecule has 0 fully saturated rings. The highest BCUT2D eigenvalue weighted by molar-refractivity contribution is 6.30. The standard InChI is InChI=1S/C13H13ClFN3O2/c1-6-12(13(20)18-17-6)8(5-11(16)19)7-2-3-10(15)9(14)4-7/h2-4,8H,5H2,1H3,(H2,16,19)(H2,17,18,20). The molecule has 1 aromatic heterocycles. The van der Waals surface area contributed by atoms with Crippen LogP contribution in [0.4, 0.5) is 4.39 Å². The molecule has 1 heterocycles. The van der Waals surface area contributed by atoms with Crippen molar-refractivity contribution in [3.8, 4) is 0 Å². The van der Waals surface area contributed by atoms with Gasteiger partial charge in [0.25, 0.3) is 5.56 Å². The summed E-state index contributed by atoms with van der Waals surface area (Å²) in [5.74, 6) is -1.69. The second-order valence-electron chi connectivity index (χ2n) is 4.51. The molecule has 2 rings (SSSR count). The molecule has 0 radical (unpaired) electrons. The number of rotatable bonds is 4. The lowest BCUT2D eigenvalue weighted by Crippen LogP contribution is -2.20. The third-order valence-electron chi connectivity index (χ3n) is 3.11. The number of nitrogens with two attached hydrogens (primary N) is 1. The first-order chi connectivity index (χ1) is 9.40. The fraction of sp³-hybridized carbons (Fsp3) is 0.231. The molecule has 1 atom stereocenters. The van der Waals surface area contributed by atoms with Gasteiger partial charge in [0.1, 0.15) is 5.82 Å². The molecule has 1 unspecified atom stereocenters. The van der Waals surface area contributed by atoms with E-state index in [0.717, 1.165) is 0 Å². The molecule has 4 N–H and O–H groups in total. The minimum atomic E-state index is -0.569. The van der Waals surface area contributed by atoms with Gasteiger partial charge in [-0.2, -0.15) is 0 Å². The normalized spacial score (nSPS) is 12.3. The Morgan fingerprint density at radius 3 is 2.65 bits per heavy atom. The van der Waals surface area contributed by atoms with Crippen molar-refractivity contribution in [2.45, 2.75) is 19.3 Å². The Kier molecular flexibility index (Phi) is 3.94. The lowest BCUT2D eigenvalue weighted by atomic mass is 9.88. The number of aromatic nitrogens is 2. The van der Waals surface area contributed by atoms with Gasteiger partial charge in [-0.3, -0.25) is 14.7 Å². The molecule has 0 saturated carbocycles. The predicted molar refractivity (Wildman–Crippen MR) is 73.2 cm³/mol. The number of hydrogen-bond acceptors (Lipinski definition) is 2. The van der Waals surface area contributed by atoms with Gasteiger partial charge in [-0.25, -0.2) is 4.39 Å². The van der Waals surface area contributed by atoms with Crippen molar-refractivity contribution in [2.75, 3.05) is 0 Å². The Morgan fingerprint density at radius 1 is 1.45 bits per heavy atom. The lowest BCUT2D eigenvalue weighted by Gasteiger charge is -2.15. The second-order valence-corrected chi connectivity index (χ2v) is 4.92. The Labute approximate surface area is 118 Å². The van der Waals surface area contributed by atoms with Crippen molar-refractivity contribution in [1.29, 1.82) is 0 Å². The van der Waals surface area contributed by atoms with Crippen LogP contribution < -0.4 is 11.3 Å². The SMILES string of the molecule is Cc1[nH][nH]c(=O)c1C(CC(N)=O)c1ccc(F)c(Cl)c1. The number of H-pyrrole nitrogens is 2. The average Bonchev–Trinajstić information content (AvgIpc) is 2.70. The van der Waals surface area contributed by atoms with Gasteiger partial charge in [0.05, 0.1) is 5.02 Å². The molecule has 1 aromatic carbocycles. The zero-order valence-corrected chi connectivity index (χ0v) is 11.4. The molecule has 0 spiro atoms. The summed E-state index contributed by atoms with van der Waals surface area (Å²) in [6.07, 6.45) is -0.0657. The monoisotopic (exact) mass is 297 g/mol. The summed E-state index contributed by atoms with van der Waals surface area (Å²) in [7, 11) is 0. The molecule has 7 heteroatoms. The van der Waals surface area contributed by atoms with Crippen LogP contribution in [0.2, 0.25) is 5.02 Å². The van der Waals surface area contributed by atoms with Crippen molar-refractivity contribution in [3.05, 3.63) is 56.2 Å². The van der Waals surface area contributed by atoms with Crippen LogP contribution in [-0.4, -0.2) is 16.1 Å². The van der Waals surface area contributed by atoms with E-state index in [0.29, 0.717) is 16.8 Å². The summed E-state index contributed by atoms with van der Waals surface area (Å²) in [6.45, 7) is 1.70. The van der Waals surface area contributed by atoms with Crippen molar-refractivity contribution >= 4 is 17.5 Å². The Morgan fingerprint density at radius 2 is 2.15 bits per heavy atom. The van der Waals surface area contributed by atoms with Crippen LogP contribution in [0.5, 0.6) is 0 Å². The zero-order valence-electron chi connectivity index (χ0n) is 10.7. The fourth-order valence-electron chi connectivity index (χ4n) is 2.19. The quantitative estimate of drug-likeness (QED) is 0.803. The molecule has 0 aliphatic rings. The van der Waals surface area contributed by atoms with E-state index in [2.05, 4.69) is 10.2 Å². The van der Waals surface area contributed by atoms with Gasteiger partial charge in [-0.15, -0.1) is 0 Å². The molecule has 106 valence electrons. The molecule has 5 nitrogen and oxygen atoms in total. The molecule has 0 aliphatic carbocycles. The van der Waals surface area contributed by atoms with Gasteiger partial charge >= 0.3 is 0 Å². The molecular weight excluding hydrogens is 285 g/mol. The van der Waals surface area contributed by atoms with Gasteiger partial charge in [0, 0.05) is 23.6 Å². The van der Waals surface area contributed by atoms with Gasteiger partial charge in [0.2, 0.25) is 5.91 Å². The highest BCUT2D eigenvalue weighted by atomic mass is 35.5. The fourth-order valence-corrected chi connectivity index (χ4v) is 2.38. The van der Waals surface area contributed by atoms with Crippen LogP contribution >= 0.6 is 11.6 Å². The van der Waals surface area contributed by atoms with E-state index in [1.165, 1.54) is 18.2 Å². The number of primary amides is 1. The van der Waals surface area contributed by atoms with E-state index < -0.39 is 17.6 Å². The molecule has 1 amide bonds. The Bertz CT molecular complexity index is 708. The van der Waals surface area contributed by atoms with E-state index in [4.69, 9.17) is 17.3 Å². The maximum Gasteiger partial charge on any atom is 0.267 e. The summed E-state index contributed by atoms with van der Waals surface area (Å²) in [5.41, 5.74) is 6.45. The molecule has 2 aromatic rings. The molecular formula is C13H13ClFN3O2. The number of nitrogens with one attached hydrogen (secondary N) is 2. The van der Waals surface area contributed by atoms with Gasteiger partial charge in [0.15, 0.2) is 0 Å². The first-order valence-electron chi connectivity index (χ1n) is 5.90. The van der Waals surface area contributed by atoms with Gasteiger partial charge in [-0.05, 0) is 24.6 Å². The Hall–Kier alpha value is -2.08. The summed E-state index contributed by atoms with van der Waals surface area (Å²) in [4.78, 5) is 23.1. The van der Waals surface area contributed by atoms with Gasteiger partial charge in [-0.1, -0.05) is 17.7 Å². The number of carbonyl (C=O) groups excluding carboxylic acids is 1. The topological polar surface area (TPSA) is 91.7 Å². The summed E-state index contributed by atoms with van der Waals surface area (Å²) in [6, 6.07) is 4.08. The minimum Gasteiger partial charge on any atom is -0.370 e. The van der Waals surface area contributed by atoms with Crippen LogP contribution in [0.3, 0.4) is 0 Å². The number of amides is 1. The maximum atomic E-state index is 13.2. The predicted octanol–water partition coefficient (Wildman–Crippen LogP) is 1.81. The average molecular weight is 298 g/mol. The highest BCUT2D eigenvalue weighted by Gasteiger charge is 2.23. The second kappa shape index (κ2) is 5.50. The summed E-state index contributed by atoms with van der Waals surface area (Å²) >= 11 is 5.75. The van der Waals surface area contributed by atoms with E-state index in [9.17, 15) is 14.0 Å². The third kappa shape index (κ3) is 2.75. The lowest BCUT2D eigenvalue weighted by molar-refractivity contribution is -0.118. The van der Waals surface area contributed by atoms with Crippen molar-refractivity contribution in [1.82, 2.24) is 10.2 Å². The van der Waals surface area contributed by atoms with Crippen LogP contribution in [0.15, 0.2) is 23.0 Å². The Balaban J connectivity index is 2.55. The molecule has 20 heavy (non-hydrogen) atoms. The first kappa shape index (κ1) is 14.3. The van der Waals surface area contributed by atoms with E-state index in [1.54, 1.807) is 6.92 Å².